The summed E-state index contributed by atoms with van der Waals surface area (Å²) >= 11 is 0. The van der Waals surface area contributed by atoms with Gasteiger partial charge in [0.2, 0.25) is 5.91 Å². The van der Waals surface area contributed by atoms with E-state index >= 15 is 0 Å². The van der Waals surface area contributed by atoms with Crippen LogP contribution in [-0.4, -0.2) is 27.8 Å². The van der Waals surface area contributed by atoms with E-state index < -0.39 is 0 Å². The molecule has 0 aliphatic rings. The maximum Gasteiger partial charge on any atom is 0.219 e. The second-order valence-electron chi connectivity index (χ2n) is 4.12. The van der Waals surface area contributed by atoms with Gasteiger partial charge in [0.1, 0.15) is 5.82 Å². The molecule has 1 aromatic heterocycles. The summed E-state index contributed by atoms with van der Waals surface area (Å²) in [4.78, 5) is 21.6. The first-order valence-electron chi connectivity index (χ1n) is 5.52. The minimum absolute atomic E-state index is 0.0133. The van der Waals surface area contributed by atoms with Crippen LogP contribution in [0.25, 0.3) is 10.9 Å². The maximum atomic E-state index is 11.2. The number of aryl methyl sites for hydroxylation is 1. The van der Waals surface area contributed by atoms with Gasteiger partial charge in [0, 0.05) is 25.1 Å². The van der Waals surface area contributed by atoms with Crippen LogP contribution >= 0.6 is 0 Å². The van der Waals surface area contributed by atoms with Crippen LogP contribution in [0.2, 0.25) is 0 Å². The van der Waals surface area contributed by atoms with Gasteiger partial charge in [-0.1, -0.05) is 18.2 Å². The lowest BCUT2D eigenvalue weighted by Crippen LogP contribution is -2.24. The van der Waals surface area contributed by atoms with Crippen LogP contribution in [0.1, 0.15) is 18.4 Å². The molecular formula is C13H15N3O. The van der Waals surface area contributed by atoms with E-state index in [1.54, 1.807) is 11.9 Å². The van der Waals surface area contributed by atoms with Gasteiger partial charge in [-0.05, 0) is 13.0 Å². The van der Waals surface area contributed by atoms with Crippen molar-refractivity contribution in [2.45, 2.75) is 20.4 Å². The molecule has 1 amide bonds. The second-order valence-corrected chi connectivity index (χ2v) is 4.12. The average molecular weight is 229 g/mol. The molecule has 1 heterocycles. The number of aromatic nitrogens is 2. The lowest BCUT2D eigenvalue weighted by molar-refractivity contribution is -0.128. The maximum absolute atomic E-state index is 11.2. The molecule has 1 aromatic carbocycles. The summed E-state index contributed by atoms with van der Waals surface area (Å²) in [7, 11) is 1.75. The second kappa shape index (κ2) is 4.49. The molecule has 2 rings (SSSR count). The van der Waals surface area contributed by atoms with Crippen LogP contribution in [0.5, 0.6) is 0 Å². The molecule has 0 atom stereocenters. The molecule has 0 unspecified atom stereocenters. The standard InChI is InChI=1S/C13H15N3O/c1-9-11-6-4-5-7-12(11)15-13(14-9)8-16(3)10(2)17/h4-7H,8H2,1-3H3. The van der Waals surface area contributed by atoms with Gasteiger partial charge in [-0.25, -0.2) is 9.97 Å². The normalized spacial score (nSPS) is 10.5. The zero-order valence-corrected chi connectivity index (χ0v) is 10.3. The fourth-order valence-electron chi connectivity index (χ4n) is 1.69. The predicted molar refractivity (Wildman–Crippen MR) is 66.4 cm³/mol. The Kier molecular flexibility index (Phi) is 3.04. The number of amides is 1. The summed E-state index contributed by atoms with van der Waals surface area (Å²) in [6.45, 7) is 3.94. The fourth-order valence-corrected chi connectivity index (χ4v) is 1.69. The molecule has 0 radical (unpaired) electrons. The Hall–Kier alpha value is -1.97. The van der Waals surface area contributed by atoms with Crippen molar-refractivity contribution in [2.75, 3.05) is 7.05 Å². The highest BCUT2D eigenvalue weighted by molar-refractivity contribution is 5.80. The molecule has 17 heavy (non-hydrogen) atoms. The van der Waals surface area contributed by atoms with E-state index in [2.05, 4.69) is 9.97 Å². The quantitative estimate of drug-likeness (QED) is 0.790. The average Bonchev–Trinajstić information content (AvgIpc) is 2.29. The molecule has 0 N–H and O–H groups in total. The minimum atomic E-state index is 0.0133. The van der Waals surface area contributed by atoms with Gasteiger partial charge >= 0.3 is 0 Å². The number of carbonyl (C=O) groups excluding carboxylic acids is 1. The van der Waals surface area contributed by atoms with Gasteiger partial charge in [-0.15, -0.1) is 0 Å². The van der Waals surface area contributed by atoms with Crippen LogP contribution in [0.15, 0.2) is 24.3 Å². The Morgan fingerprint density at radius 3 is 2.71 bits per heavy atom. The van der Waals surface area contributed by atoms with Gasteiger partial charge in [0.25, 0.3) is 0 Å². The lowest BCUT2D eigenvalue weighted by atomic mass is 10.2. The third-order valence-electron chi connectivity index (χ3n) is 2.76. The highest BCUT2D eigenvalue weighted by atomic mass is 16.2. The molecule has 0 aliphatic heterocycles. The van der Waals surface area contributed by atoms with E-state index in [0.717, 1.165) is 16.6 Å². The number of fused-ring (bicyclic) bond motifs is 1. The van der Waals surface area contributed by atoms with E-state index in [4.69, 9.17) is 0 Å². The predicted octanol–water partition coefficient (Wildman–Crippen LogP) is 1.92. The minimum Gasteiger partial charge on any atom is -0.338 e. The summed E-state index contributed by atoms with van der Waals surface area (Å²) in [5, 5.41) is 1.06. The third-order valence-corrected chi connectivity index (χ3v) is 2.76. The number of benzene rings is 1. The van der Waals surface area contributed by atoms with Crippen molar-refractivity contribution in [1.29, 1.82) is 0 Å². The van der Waals surface area contributed by atoms with Crippen LogP contribution in [0, 0.1) is 6.92 Å². The zero-order chi connectivity index (χ0) is 12.4. The number of hydrogen-bond donors (Lipinski definition) is 0. The molecule has 0 saturated heterocycles. The Bertz CT molecular complexity index is 566. The van der Waals surface area contributed by atoms with Gasteiger partial charge < -0.3 is 4.90 Å². The molecule has 2 aromatic rings. The first kappa shape index (κ1) is 11.5. The van der Waals surface area contributed by atoms with Gasteiger partial charge in [-0.2, -0.15) is 0 Å². The van der Waals surface area contributed by atoms with Crippen molar-refractivity contribution < 1.29 is 4.79 Å². The van der Waals surface area contributed by atoms with Crippen molar-refractivity contribution in [3.63, 3.8) is 0 Å². The Morgan fingerprint density at radius 1 is 1.29 bits per heavy atom. The fraction of sp³-hybridized carbons (Fsp3) is 0.308. The topological polar surface area (TPSA) is 46.1 Å². The largest absolute Gasteiger partial charge is 0.338 e. The van der Waals surface area contributed by atoms with E-state index in [0.29, 0.717) is 12.4 Å². The molecule has 4 nitrogen and oxygen atoms in total. The lowest BCUT2D eigenvalue weighted by Gasteiger charge is -2.14. The highest BCUT2D eigenvalue weighted by Crippen LogP contribution is 2.14. The van der Waals surface area contributed by atoms with Crippen molar-refractivity contribution in [3.05, 3.63) is 35.8 Å². The van der Waals surface area contributed by atoms with Gasteiger partial charge in [0.15, 0.2) is 0 Å². The van der Waals surface area contributed by atoms with E-state index in [1.807, 2.05) is 31.2 Å². The van der Waals surface area contributed by atoms with E-state index in [-0.39, 0.29) is 5.91 Å². The third kappa shape index (κ3) is 2.41. The molecule has 0 aliphatic carbocycles. The molecule has 0 spiro atoms. The first-order chi connectivity index (χ1) is 8.08. The summed E-state index contributed by atoms with van der Waals surface area (Å²) in [6, 6.07) is 7.89. The summed E-state index contributed by atoms with van der Waals surface area (Å²) < 4.78 is 0. The zero-order valence-electron chi connectivity index (χ0n) is 10.3. The van der Waals surface area contributed by atoms with Crippen molar-refractivity contribution in [2.24, 2.45) is 0 Å². The Morgan fingerprint density at radius 2 is 2.00 bits per heavy atom. The van der Waals surface area contributed by atoms with Gasteiger partial charge in [-0.3, -0.25) is 4.79 Å². The van der Waals surface area contributed by atoms with Crippen molar-refractivity contribution in [3.8, 4) is 0 Å². The number of nitrogens with zero attached hydrogens (tertiary/aromatic N) is 3. The molecule has 0 saturated carbocycles. The highest BCUT2D eigenvalue weighted by Gasteiger charge is 2.08. The summed E-state index contributed by atoms with van der Waals surface area (Å²) in [5.41, 5.74) is 1.87. The number of para-hydroxylation sites is 1. The van der Waals surface area contributed by atoms with Gasteiger partial charge in [0.05, 0.1) is 12.1 Å². The first-order valence-corrected chi connectivity index (χ1v) is 5.52. The number of rotatable bonds is 2. The van der Waals surface area contributed by atoms with E-state index in [9.17, 15) is 4.79 Å². The molecule has 0 bridgehead atoms. The summed E-state index contributed by atoms with van der Waals surface area (Å²) in [5.74, 6) is 0.693. The molecule has 88 valence electrons. The van der Waals surface area contributed by atoms with Crippen LogP contribution in [0.3, 0.4) is 0 Å². The van der Waals surface area contributed by atoms with Crippen LogP contribution < -0.4 is 0 Å². The van der Waals surface area contributed by atoms with Crippen molar-refractivity contribution >= 4 is 16.8 Å². The van der Waals surface area contributed by atoms with Crippen LogP contribution in [-0.2, 0) is 11.3 Å². The van der Waals surface area contributed by atoms with E-state index in [1.165, 1.54) is 6.92 Å². The molecule has 0 fully saturated rings. The Balaban J connectivity index is 2.40. The molecular weight excluding hydrogens is 214 g/mol. The number of hydrogen-bond acceptors (Lipinski definition) is 3. The number of carbonyl (C=O) groups is 1. The summed E-state index contributed by atoms with van der Waals surface area (Å²) in [6.07, 6.45) is 0. The van der Waals surface area contributed by atoms with Crippen LogP contribution in [0.4, 0.5) is 0 Å². The van der Waals surface area contributed by atoms with Crippen molar-refractivity contribution in [1.82, 2.24) is 14.9 Å². The molecule has 4 heteroatoms. The SMILES string of the molecule is CC(=O)N(C)Cc1nc(C)c2ccccc2n1. The monoisotopic (exact) mass is 229 g/mol. The smallest absolute Gasteiger partial charge is 0.219 e. The Labute approximate surface area is 100 Å².